The second-order valence-corrected chi connectivity index (χ2v) is 4.83. The van der Waals surface area contributed by atoms with Crippen LogP contribution in [0.25, 0.3) is 10.9 Å². The maximum atomic E-state index is 5.86. The van der Waals surface area contributed by atoms with Crippen molar-refractivity contribution in [2.75, 3.05) is 18.2 Å². The number of ether oxygens (including phenoxy) is 1. The first kappa shape index (κ1) is 13.2. The van der Waals surface area contributed by atoms with Crippen LogP contribution in [0.3, 0.4) is 0 Å². The fourth-order valence-electron chi connectivity index (χ4n) is 2.22. The normalized spacial score (nSPS) is 10.6. The molecule has 0 aliphatic heterocycles. The molecule has 0 aliphatic rings. The molecule has 5 heteroatoms. The minimum Gasteiger partial charge on any atom is -0.495 e. The molecular weight excluding hydrogens is 264 g/mol. The number of aryl methyl sites for hydroxylation is 1. The number of benzene rings is 2. The molecule has 2 aromatic carbocycles. The van der Waals surface area contributed by atoms with E-state index in [0.717, 1.165) is 27.9 Å². The van der Waals surface area contributed by atoms with Crippen LogP contribution >= 0.6 is 0 Å². The third kappa shape index (κ3) is 2.58. The summed E-state index contributed by atoms with van der Waals surface area (Å²) in [5, 5.41) is 4.18. The maximum absolute atomic E-state index is 5.86. The Labute approximate surface area is 122 Å². The smallest absolute Gasteiger partial charge is 0.142 e. The van der Waals surface area contributed by atoms with Crippen LogP contribution in [0.15, 0.2) is 42.7 Å². The lowest BCUT2D eigenvalue weighted by atomic mass is 10.2. The number of rotatable bonds is 3. The minimum absolute atomic E-state index is 0.677. The van der Waals surface area contributed by atoms with Gasteiger partial charge in [0.1, 0.15) is 17.9 Å². The molecule has 3 rings (SSSR count). The van der Waals surface area contributed by atoms with Gasteiger partial charge in [0.25, 0.3) is 0 Å². The van der Waals surface area contributed by atoms with Gasteiger partial charge in [-0.1, -0.05) is 6.07 Å². The molecule has 1 aromatic heterocycles. The first-order chi connectivity index (χ1) is 10.2. The Bertz CT molecular complexity index is 801. The van der Waals surface area contributed by atoms with Gasteiger partial charge in [0.2, 0.25) is 0 Å². The molecule has 0 fully saturated rings. The highest BCUT2D eigenvalue weighted by Gasteiger charge is 2.08. The maximum Gasteiger partial charge on any atom is 0.142 e. The predicted octanol–water partition coefficient (Wildman–Crippen LogP) is 3.27. The van der Waals surface area contributed by atoms with E-state index in [-0.39, 0.29) is 0 Å². The van der Waals surface area contributed by atoms with Gasteiger partial charge in [-0.15, -0.1) is 0 Å². The van der Waals surface area contributed by atoms with Crippen LogP contribution in [0.4, 0.5) is 17.2 Å². The van der Waals surface area contributed by atoms with Gasteiger partial charge in [-0.05, 0) is 42.8 Å². The van der Waals surface area contributed by atoms with Gasteiger partial charge in [-0.2, -0.15) is 0 Å². The summed E-state index contributed by atoms with van der Waals surface area (Å²) in [6, 6.07) is 11.5. The van der Waals surface area contributed by atoms with Crippen molar-refractivity contribution < 1.29 is 4.74 Å². The molecule has 3 N–H and O–H groups in total. The summed E-state index contributed by atoms with van der Waals surface area (Å²) in [5.41, 5.74) is 9.37. The highest BCUT2D eigenvalue weighted by Crippen LogP contribution is 2.30. The minimum atomic E-state index is 0.677. The van der Waals surface area contributed by atoms with E-state index < -0.39 is 0 Å². The Hall–Kier alpha value is -2.82. The van der Waals surface area contributed by atoms with Crippen molar-refractivity contribution in [1.29, 1.82) is 0 Å². The average molecular weight is 280 g/mol. The fraction of sp³-hybridized carbons (Fsp3) is 0.125. The van der Waals surface area contributed by atoms with E-state index in [1.807, 2.05) is 43.3 Å². The van der Waals surface area contributed by atoms with Crippen LogP contribution in [0.5, 0.6) is 5.75 Å². The third-order valence-corrected chi connectivity index (χ3v) is 3.27. The Morgan fingerprint density at radius 2 is 1.95 bits per heavy atom. The second kappa shape index (κ2) is 5.28. The van der Waals surface area contributed by atoms with Gasteiger partial charge in [-0.25, -0.2) is 9.97 Å². The van der Waals surface area contributed by atoms with E-state index >= 15 is 0 Å². The van der Waals surface area contributed by atoms with E-state index in [2.05, 4.69) is 15.3 Å². The Balaban J connectivity index is 2.10. The van der Waals surface area contributed by atoms with Crippen molar-refractivity contribution in [2.24, 2.45) is 0 Å². The molecular formula is C16H16N4O. The Morgan fingerprint density at radius 3 is 2.76 bits per heavy atom. The molecule has 0 bridgehead atoms. The van der Waals surface area contributed by atoms with E-state index in [1.54, 1.807) is 7.11 Å². The van der Waals surface area contributed by atoms with Crippen molar-refractivity contribution >= 4 is 28.1 Å². The largest absolute Gasteiger partial charge is 0.495 e. The van der Waals surface area contributed by atoms with Crippen LogP contribution in [-0.4, -0.2) is 17.1 Å². The van der Waals surface area contributed by atoms with Crippen LogP contribution in [0.2, 0.25) is 0 Å². The number of nitrogens with one attached hydrogen (secondary N) is 1. The quantitative estimate of drug-likeness (QED) is 0.720. The molecule has 0 radical (unpaired) electrons. The molecule has 106 valence electrons. The topological polar surface area (TPSA) is 73.1 Å². The summed E-state index contributed by atoms with van der Waals surface area (Å²) in [4.78, 5) is 8.56. The second-order valence-electron chi connectivity index (χ2n) is 4.83. The molecule has 1 heterocycles. The zero-order chi connectivity index (χ0) is 14.8. The van der Waals surface area contributed by atoms with Crippen LogP contribution < -0.4 is 15.8 Å². The first-order valence-corrected chi connectivity index (χ1v) is 6.59. The third-order valence-electron chi connectivity index (χ3n) is 3.27. The number of fused-ring (bicyclic) bond motifs is 1. The van der Waals surface area contributed by atoms with E-state index in [4.69, 9.17) is 10.5 Å². The molecule has 0 saturated carbocycles. The van der Waals surface area contributed by atoms with E-state index in [0.29, 0.717) is 11.5 Å². The lowest BCUT2D eigenvalue weighted by molar-refractivity contribution is 0.416. The van der Waals surface area contributed by atoms with Crippen molar-refractivity contribution in [2.45, 2.75) is 6.92 Å². The standard InChI is InChI=1S/C16H16N4O/c1-10-3-6-15(21-2)14(7-10)20-16-12-8-11(17)4-5-13(12)18-9-19-16/h3-9H,17H2,1-2H3,(H,18,19,20). The lowest BCUT2D eigenvalue weighted by Gasteiger charge is -2.13. The van der Waals surface area contributed by atoms with E-state index in [1.165, 1.54) is 6.33 Å². The summed E-state index contributed by atoms with van der Waals surface area (Å²) in [5.74, 6) is 1.47. The Morgan fingerprint density at radius 1 is 1.10 bits per heavy atom. The number of aromatic nitrogens is 2. The van der Waals surface area contributed by atoms with Crippen molar-refractivity contribution in [3.05, 3.63) is 48.3 Å². The summed E-state index contributed by atoms with van der Waals surface area (Å²) < 4.78 is 5.38. The van der Waals surface area contributed by atoms with Gasteiger partial charge in [0.05, 0.1) is 18.3 Å². The molecule has 0 atom stereocenters. The zero-order valence-corrected chi connectivity index (χ0v) is 11.9. The molecule has 0 spiro atoms. The molecule has 0 amide bonds. The van der Waals surface area contributed by atoms with Crippen molar-refractivity contribution in [1.82, 2.24) is 9.97 Å². The molecule has 21 heavy (non-hydrogen) atoms. The SMILES string of the molecule is COc1ccc(C)cc1Nc1ncnc2ccc(N)cc12. The summed E-state index contributed by atoms with van der Waals surface area (Å²) in [7, 11) is 1.64. The predicted molar refractivity (Wildman–Crippen MR) is 85.0 cm³/mol. The first-order valence-electron chi connectivity index (χ1n) is 6.59. The van der Waals surface area contributed by atoms with Gasteiger partial charge < -0.3 is 15.8 Å². The molecule has 0 aliphatic carbocycles. The summed E-state index contributed by atoms with van der Waals surface area (Å²) in [6.07, 6.45) is 1.53. The van der Waals surface area contributed by atoms with Crippen molar-refractivity contribution in [3.8, 4) is 5.75 Å². The Kier molecular flexibility index (Phi) is 3.31. The van der Waals surface area contributed by atoms with Crippen LogP contribution in [0.1, 0.15) is 5.56 Å². The number of hydrogen-bond donors (Lipinski definition) is 2. The van der Waals surface area contributed by atoms with Gasteiger partial charge in [-0.3, -0.25) is 0 Å². The van der Waals surface area contributed by atoms with Gasteiger partial charge in [0.15, 0.2) is 0 Å². The van der Waals surface area contributed by atoms with Crippen LogP contribution in [0, 0.1) is 6.92 Å². The number of nitrogens with zero attached hydrogens (tertiary/aromatic N) is 2. The number of methoxy groups -OCH3 is 1. The highest BCUT2D eigenvalue weighted by molar-refractivity contribution is 5.93. The lowest BCUT2D eigenvalue weighted by Crippen LogP contribution is -1.99. The fourth-order valence-corrected chi connectivity index (χ4v) is 2.22. The number of nitrogens with two attached hydrogens (primary N) is 1. The average Bonchev–Trinajstić information content (AvgIpc) is 2.48. The van der Waals surface area contributed by atoms with E-state index in [9.17, 15) is 0 Å². The van der Waals surface area contributed by atoms with Gasteiger partial charge >= 0.3 is 0 Å². The highest BCUT2D eigenvalue weighted by atomic mass is 16.5. The van der Waals surface area contributed by atoms with Gasteiger partial charge in [0, 0.05) is 11.1 Å². The molecule has 0 saturated heterocycles. The monoisotopic (exact) mass is 280 g/mol. The molecule has 0 unspecified atom stereocenters. The number of hydrogen-bond acceptors (Lipinski definition) is 5. The summed E-state index contributed by atoms with van der Waals surface area (Å²) in [6.45, 7) is 2.03. The number of anilines is 3. The molecule has 5 nitrogen and oxygen atoms in total. The summed E-state index contributed by atoms with van der Waals surface area (Å²) >= 11 is 0. The zero-order valence-electron chi connectivity index (χ0n) is 11.9. The van der Waals surface area contributed by atoms with Crippen LogP contribution in [-0.2, 0) is 0 Å². The molecule has 3 aromatic rings. The van der Waals surface area contributed by atoms with Crippen molar-refractivity contribution in [3.63, 3.8) is 0 Å². The number of nitrogen functional groups attached to an aromatic ring is 1.